The molecule has 10 nitrogen and oxygen atoms in total. The van der Waals surface area contributed by atoms with Crippen molar-refractivity contribution in [2.24, 2.45) is 5.41 Å². The minimum absolute atomic E-state index is 0.0574. The van der Waals surface area contributed by atoms with E-state index >= 15 is 8.78 Å². The van der Waals surface area contributed by atoms with Crippen LogP contribution in [0.4, 0.5) is 26.3 Å². The maximum Gasteiger partial charge on any atom is 0.301 e. The number of nitrogens with zero attached hydrogens (tertiary/aromatic N) is 5. The van der Waals surface area contributed by atoms with Gasteiger partial charge in [0, 0.05) is 30.0 Å². The van der Waals surface area contributed by atoms with E-state index in [0.29, 0.717) is 11.6 Å². The van der Waals surface area contributed by atoms with Crippen molar-refractivity contribution >= 4 is 5.91 Å². The molecule has 45 heavy (non-hydrogen) atoms. The molecule has 3 N–H and O–H groups in total. The summed E-state index contributed by atoms with van der Waals surface area (Å²) < 4.78 is 97.2. The van der Waals surface area contributed by atoms with Gasteiger partial charge in [0.25, 0.3) is 11.8 Å². The first-order valence-electron chi connectivity index (χ1n) is 14.1. The molecule has 3 saturated carbocycles. The second kappa shape index (κ2) is 10.7. The highest BCUT2D eigenvalue weighted by Crippen LogP contribution is 2.80. The highest BCUT2D eigenvalue weighted by molar-refractivity contribution is 5.81. The second-order valence-electron chi connectivity index (χ2n) is 12.3. The number of alkyl halides is 4. The van der Waals surface area contributed by atoms with E-state index in [1.54, 1.807) is 12.1 Å². The van der Waals surface area contributed by atoms with Crippen LogP contribution in [0.1, 0.15) is 36.8 Å². The molecule has 16 heteroatoms. The number of ether oxygens (including phenoxy) is 1. The lowest BCUT2D eigenvalue weighted by Gasteiger charge is -2.74. The summed E-state index contributed by atoms with van der Waals surface area (Å²) in [6, 6.07) is 8.08. The molecule has 1 aliphatic heterocycles. The van der Waals surface area contributed by atoms with Crippen LogP contribution in [0.3, 0.4) is 0 Å². The molecule has 1 aromatic heterocycles. The fraction of sp³-hybridized carbons (Fsp3) is 0.517. The van der Waals surface area contributed by atoms with Crippen LogP contribution in [0.25, 0.3) is 0 Å². The largest absolute Gasteiger partial charge is 0.484 e. The number of carbonyl (C=O) groups is 1. The molecular weight excluding hydrogens is 612 g/mol. The van der Waals surface area contributed by atoms with Gasteiger partial charge in [-0.05, 0) is 64.9 Å². The summed E-state index contributed by atoms with van der Waals surface area (Å²) in [4.78, 5) is 12.8. The number of hydrogen-bond acceptors (Lipinski definition) is 8. The minimum Gasteiger partial charge on any atom is -0.484 e. The smallest absolute Gasteiger partial charge is 0.301 e. The van der Waals surface area contributed by atoms with E-state index in [1.807, 2.05) is 0 Å². The van der Waals surface area contributed by atoms with Crippen LogP contribution in [-0.2, 0) is 22.4 Å². The standard InChI is InChI=1S/C29H29F6N5O5/c30-18-3-6-20(21(31)9-18)27(44,14-40-16-36-37-38-40)29(34,35)26-11-25(12-26,13-26)17-1-4-19(5-2-17)45-23-7-8-39(15-28(23,32)33)24(43)22(42)10-41/h1-6,9,16,22-23,41-42,44H,7-8,10-15H2/t22?,23?,25?,26?,27-/m1/s1. The summed E-state index contributed by atoms with van der Waals surface area (Å²) in [5.41, 5.74) is -5.63. The van der Waals surface area contributed by atoms with Crippen LogP contribution in [-0.4, -0.2) is 90.1 Å². The third-order valence-electron chi connectivity index (χ3n) is 9.42. The highest BCUT2D eigenvalue weighted by atomic mass is 19.3. The number of likely N-dealkylation sites (tertiary alicyclic amines) is 1. The maximum absolute atomic E-state index is 16.4. The van der Waals surface area contributed by atoms with Crippen LogP contribution >= 0.6 is 0 Å². The summed E-state index contributed by atoms with van der Waals surface area (Å²) in [6.45, 7) is -2.89. The fourth-order valence-corrected chi connectivity index (χ4v) is 7.12. The quantitative estimate of drug-likeness (QED) is 0.288. The number of hydrogen-bond donors (Lipinski definition) is 3. The zero-order valence-corrected chi connectivity index (χ0v) is 23.6. The van der Waals surface area contributed by atoms with E-state index in [-0.39, 0.29) is 38.0 Å². The van der Waals surface area contributed by atoms with Gasteiger partial charge in [-0.1, -0.05) is 12.1 Å². The van der Waals surface area contributed by atoms with Gasteiger partial charge in [0.05, 0.1) is 19.7 Å². The molecule has 3 atom stereocenters. The van der Waals surface area contributed by atoms with E-state index in [0.717, 1.165) is 28.0 Å². The van der Waals surface area contributed by atoms with Crippen molar-refractivity contribution < 1.29 is 51.2 Å². The zero-order chi connectivity index (χ0) is 32.4. The third-order valence-corrected chi connectivity index (χ3v) is 9.42. The predicted molar refractivity (Wildman–Crippen MR) is 141 cm³/mol. The first kappa shape index (κ1) is 31.2. The number of benzene rings is 2. The Morgan fingerprint density at radius 1 is 1.11 bits per heavy atom. The van der Waals surface area contributed by atoms with Crippen molar-refractivity contribution in [3.05, 3.63) is 71.6 Å². The van der Waals surface area contributed by atoms with E-state index in [4.69, 9.17) is 9.84 Å². The number of tetrazole rings is 1. The molecule has 3 aliphatic carbocycles. The summed E-state index contributed by atoms with van der Waals surface area (Å²) in [5.74, 6) is -10.6. The van der Waals surface area contributed by atoms with Crippen LogP contribution in [0.15, 0.2) is 48.8 Å². The Bertz CT molecular complexity index is 1560. The molecule has 2 bridgehead atoms. The van der Waals surface area contributed by atoms with Crippen LogP contribution in [0, 0.1) is 17.0 Å². The van der Waals surface area contributed by atoms with Crippen molar-refractivity contribution in [1.29, 1.82) is 0 Å². The molecule has 1 saturated heterocycles. The molecular formula is C29H29F6N5O5. The number of aliphatic hydroxyl groups excluding tert-OH is 2. The number of carbonyl (C=O) groups excluding carboxylic acids is 1. The summed E-state index contributed by atoms with van der Waals surface area (Å²) >= 11 is 0. The van der Waals surface area contributed by atoms with Gasteiger partial charge in [-0.15, -0.1) is 5.10 Å². The predicted octanol–water partition coefficient (Wildman–Crippen LogP) is 2.56. The van der Waals surface area contributed by atoms with Crippen molar-refractivity contribution in [2.75, 3.05) is 19.7 Å². The number of halogens is 6. The van der Waals surface area contributed by atoms with E-state index in [9.17, 15) is 32.6 Å². The minimum atomic E-state index is -3.90. The molecule has 7 rings (SSSR count). The summed E-state index contributed by atoms with van der Waals surface area (Å²) in [5, 5.41) is 40.2. The van der Waals surface area contributed by atoms with Crippen molar-refractivity contribution in [3.8, 4) is 5.75 Å². The van der Waals surface area contributed by atoms with E-state index in [2.05, 4.69) is 15.5 Å². The monoisotopic (exact) mass is 641 g/mol. The third kappa shape index (κ3) is 4.93. The highest BCUT2D eigenvalue weighted by Gasteiger charge is 2.82. The summed E-state index contributed by atoms with van der Waals surface area (Å²) in [6.07, 6.45) is -2.77. The van der Waals surface area contributed by atoms with Gasteiger partial charge in [-0.25, -0.2) is 31.0 Å². The zero-order valence-electron chi connectivity index (χ0n) is 23.6. The van der Waals surface area contributed by atoms with Crippen molar-refractivity contribution in [1.82, 2.24) is 25.1 Å². The lowest BCUT2D eigenvalue weighted by Crippen LogP contribution is -2.76. The van der Waals surface area contributed by atoms with E-state index in [1.165, 1.54) is 12.1 Å². The molecule has 3 aromatic rings. The van der Waals surface area contributed by atoms with Gasteiger partial charge in [-0.3, -0.25) is 4.79 Å². The summed E-state index contributed by atoms with van der Waals surface area (Å²) in [7, 11) is 0. The normalized spacial score (nSPS) is 27.6. The number of amides is 1. The lowest BCUT2D eigenvalue weighted by atomic mass is 9.30. The Morgan fingerprint density at radius 2 is 1.80 bits per heavy atom. The molecule has 4 aliphatic rings. The fourth-order valence-electron chi connectivity index (χ4n) is 7.12. The first-order valence-corrected chi connectivity index (χ1v) is 14.1. The lowest BCUT2D eigenvalue weighted by molar-refractivity contribution is -0.347. The molecule has 2 aromatic carbocycles. The molecule has 1 amide bonds. The van der Waals surface area contributed by atoms with Gasteiger partial charge in [-0.2, -0.15) is 0 Å². The molecule has 0 radical (unpaired) electrons. The van der Waals surface area contributed by atoms with Gasteiger partial charge >= 0.3 is 5.92 Å². The van der Waals surface area contributed by atoms with E-state index < -0.39 is 83.3 Å². The Morgan fingerprint density at radius 3 is 2.38 bits per heavy atom. The Hall–Kier alpha value is -3.76. The molecule has 242 valence electrons. The van der Waals surface area contributed by atoms with Gasteiger partial charge in [0.1, 0.15) is 23.7 Å². The van der Waals surface area contributed by atoms with Crippen molar-refractivity contribution in [2.45, 2.75) is 67.3 Å². The van der Waals surface area contributed by atoms with Crippen LogP contribution < -0.4 is 4.74 Å². The maximum atomic E-state index is 16.4. The number of rotatable bonds is 10. The molecule has 2 unspecified atom stereocenters. The van der Waals surface area contributed by atoms with Gasteiger partial charge in [0.2, 0.25) is 0 Å². The van der Waals surface area contributed by atoms with Crippen LogP contribution in [0.5, 0.6) is 5.75 Å². The second-order valence-corrected chi connectivity index (χ2v) is 12.3. The Labute approximate surface area is 252 Å². The Kier molecular flexibility index (Phi) is 7.40. The molecule has 2 heterocycles. The number of aromatic nitrogens is 4. The topological polar surface area (TPSA) is 134 Å². The number of aliphatic hydroxyl groups is 3. The SMILES string of the molecule is O=C(C(O)CO)N1CCC(Oc2ccc(C34CC(C(F)(F)[C@@](O)(Cn5cnnn5)c5ccc(F)cc5F)(C3)C4)cc2)C(F)(F)C1. The van der Waals surface area contributed by atoms with Crippen molar-refractivity contribution in [3.63, 3.8) is 0 Å². The Balaban J connectivity index is 1.15. The van der Waals surface area contributed by atoms with Crippen LogP contribution in [0.2, 0.25) is 0 Å². The van der Waals surface area contributed by atoms with Gasteiger partial charge < -0.3 is 25.0 Å². The average Bonchev–Trinajstić information content (AvgIpc) is 3.45. The average molecular weight is 642 g/mol. The molecule has 4 fully saturated rings. The van der Waals surface area contributed by atoms with Gasteiger partial charge in [0.15, 0.2) is 17.8 Å². The number of piperidine rings is 1. The molecule has 0 spiro atoms. The first-order chi connectivity index (χ1) is 21.2.